The van der Waals surface area contributed by atoms with Gasteiger partial charge in [-0.25, -0.2) is 4.79 Å². The molecule has 2 saturated heterocycles. The summed E-state index contributed by atoms with van der Waals surface area (Å²) in [5.41, 5.74) is -1.58. The molecule has 2 heterocycles. The molecule has 7 heteroatoms. The van der Waals surface area contributed by atoms with Crippen LogP contribution in [0.25, 0.3) is 0 Å². The lowest BCUT2D eigenvalue weighted by molar-refractivity contribution is -0.145. The molecular weight excluding hydrogens is 298 g/mol. The highest BCUT2D eigenvalue weighted by molar-refractivity contribution is 5.86. The van der Waals surface area contributed by atoms with Crippen molar-refractivity contribution in [2.24, 2.45) is 5.41 Å². The van der Waals surface area contributed by atoms with Crippen molar-refractivity contribution in [2.75, 3.05) is 39.4 Å². The SMILES string of the molecule is CC(C)(C)OC(=O)N1CCC(C#N)(C(=O)N2CCOCC2)CC1. The number of ether oxygens (including phenoxy) is 2. The number of nitrogens with zero attached hydrogens (tertiary/aromatic N) is 3. The minimum atomic E-state index is -1.03. The average Bonchev–Trinajstić information content (AvgIpc) is 2.53. The summed E-state index contributed by atoms with van der Waals surface area (Å²) in [5, 5.41) is 9.59. The molecule has 0 radical (unpaired) electrons. The van der Waals surface area contributed by atoms with Crippen LogP contribution < -0.4 is 0 Å². The van der Waals surface area contributed by atoms with E-state index >= 15 is 0 Å². The van der Waals surface area contributed by atoms with Gasteiger partial charge in [-0.15, -0.1) is 0 Å². The summed E-state index contributed by atoms with van der Waals surface area (Å²) in [7, 11) is 0. The molecule has 0 unspecified atom stereocenters. The zero-order valence-corrected chi connectivity index (χ0v) is 14.1. The lowest BCUT2D eigenvalue weighted by Gasteiger charge is -2.40. The number of carbonyl (C=O) groups excluding carboxylic acids is 2. The third kappa shape index (κ3) is 4.14. The number of amides is 2. The molecule has 0 spiro atoms. The second-order valence-corrected chi connectivity index (χ2v) is 7.07. The number of morpholine rings is 1. The lowest BCUT2D eigenvalue weighted by Crippen LogP contribution is -2.53. The van der Waals surface area contributed by atoms with Gasteiger partial charge in [-0.1, -0.05) is 0 Å². The lowest BCUT2D eigenvalue weighted by atomic mass is 9.78. The van der Waals surface area contributed by atoms with Crippen LogP contribution >= 0.6 is 0 Å². The number of rotatable bonds is 1. The van der Waals surface area contributed by atoms with Crippen LogP contribution in [0.4, 0.5) is 4.79 Å². The maximum absolute atomic E-state index is 12.7. The number of likely N-dealkylation sites (tertiary alicyclic amines) is 1. The fraction of sp³-hybridized carbons (Fsp3) is 0.812. The van der Waals surface area contributed by atoms with Crippen LogP contribution in [0.3, 0.4) is 0 Å². The first-order chi connectivity index (χ1) is 10.8. The van der Waals surface area contributed by atoms with Crippen molar-refractivity contribution >= 4 is 12.0 Å². The van der Waals surface area contributed by atoms with E-state index in [1.165, 1.54) is 0 Å². The summed E-state index contributed by atoms with van der Waals surface area (Å²) in [5.74, 6) is -0.132. The molecular formula is C16H25N3O4. The van der Waals surface area contributed by atoms with Crippen molar-refractivity contribution in [1.82, 2.24) is 9.80 Å². The van der Waals surface area contributed by atoms with E-state index in [1.807, 2.05) is 20.8 Å². The van der Waals surface area contributed by atoms with E-state index in [4.69, 9.17) is 9.47 Å². The number of carbonyl (C=O) groups is 2. The van der Waals surface area contributed by atoms with E-state index in [0.29, 0.717) is 52.2 Å². The topological polar surface area (TPSA) is 82.9 Å². The first-order valence-corrected chi connectivity index (χ1v) is 8.04. The molecule has 0 aromatic carbocycles. The van der Waals surface area contributed by atoms with E-state index < -0.39 is 11.0 Å². The Bertz CT molecular complexity index is 492. The van der Waals surface area contributed by atoms with Gasteiger partial charge in [0.05, 0.1) is 19.3 Å². The largest absolute Gasteiger partial charge is 0.444 e. The number of piperidine rings is 1. The Balaban J connectivity index is 1.98. The summed E-state index contributed by atoms with van der Waals surface area (Å²) in [6, 6.07) is 2.21. The van der Waals surface area contributed by atoms with Crippen molar-refractivity contribution in [3.8, 4) is 6.07 Å². The zero-order chi connectivity index (χ0) is 17.1. The van der Waals surface area contributed by atoms with Crippen LogP contribution in [0.5, 0.6) is 0 Å². The predicted molar refractivity (Wildman–Crippen MR) is 82.5 cm³/mol. The van der Waals surface area contributed by atoms with Crippen molar-refractivity contribution < 1.29 is 19.1 Å². The molecule has 2 aliphatic rings. The summed E-state index contributed by atoms with van der Waals surface area (Å²) < 4.78 is 10.6. The predicted octanol–water partition coefficient (Wildman–Crippen LogP) is 1.39. The Labute approximate surface area is 137 Å². The summed E-state index contributed by atoms with van der Waals surface area (Å²) >= 11 is 0. The highest BCUT2D eigenvalue weighted by Gasteiger charge is 2.45. The van der Waals surface area contributed by atoms with Gasteiger partial charge in [0.2, 0.25) is 5.91 Å². The molecule has 23 heavy (non-hydrogen) atoms. The van der Waals surface area contributed by atoms with Crippen LogP contribution in [-0.2, 0) is 14.3 Å². The Morgan fingerprint density at radius 3 is 2.13 bits per heavy atom. The van der Waals surface area contributed by atoms with Crippen LogP contribution in [0.15, 0.2) is 0 Å². The van der Waals surface area contributed by atoms with Crippen molar-refractivity contribution in [2.45, 2.75) is 39.2 Å². The Morgan fingerprint density at radius 2 is 1.65 bits per heavy atom. The summed E-state index contributed by atoms with van der Waals surface area (Å²) in [6.45, 7) is 8.24. The summed E-state index contributed by atoms with van der Waals surface area (Å²) in [6.07, 6.45) is 0.306. The minimum absolute atomic E-state index is 0.132. The molecule has 0 aromatic heterocycles. The smallest absolute Gasteiger partial charge is 0.410 e. The Kier molecular flexibility index (Phi) is 5.15. The summed E-state index contributed by atoms with van der Waals surface area (Å²) in [4.78, 5) is 28.1. The fourth-order valence-electron chi connectivity index (χ4n) is 2.84. The van der Waals surface area contributed by atoms with Gasteiger partial charge in [-0.05, 0) is 33.6 Å². The van der Waals surface area contributed by atoms with Crippen LogP contribution in [0, 0.1) is 16.7 Å². The van der Waals surface area contributed by atoms with Gasteiger partial charge in [0.15, 0.2) is 0 Å². The number of hydrogen-bond donors (Lipinski definition) is 0. The quantitative estimate of drug-likeness (QED) is 0.728. The zero-order valence-electron chi connectivity index (χ0n) is 14.1. The monoisotopic (exact) mass is 323 g/mol. The Morgan fingerprint density at radius 1 is 1.09 bits per heavy atom. The third-order valence-electron chi connectivity index (χ3n) is 4.19. The van der Waals surface area contributed by atoms with Gasteiger partial charge < -0.3 is 19.3 Å². The number of nitriles is 1. The van der Waals surface area contributed by atoms with Crippen LogP contribution in [-0.4, -0.2) is 66.8 Å². The van der Waals surface area contributed by atoms with Gasteiger partial charge in [0, 0.05) is 26.2 Å². The minimum Gasteiger partial charge on any atom is -0.444 e. The van der Waals surface area contributed by atoms with E-state index in [9.17, 15) is 14.9 Å². The van der Waals surface area contributed by atoms with Gasteiger partial charge >= 0.3 is 6.09 Å². The average molecular weight is 323 g/mol. The molecule has 0 N–H and O–H groups in total. The maximum Gasteiger partial charge on any atom is 0.410 e. The molecule has 0 bridgehead atoms. The molecule has 2 aliphatic heterocycles. The van der Waals surface area contributed by atoms with Crippen LogP contribution in [0.1, 0.15) is 33.6 Å². The standard InChI is InChI=1S/C16H25N3O4/c1-15(2,3)23-14(21)19-6-4-16(12-17,5-7-19)13(20)18-8-10-22-11-9-18/h4-11H2,1-3H3. The molecule has 2 rings (SSSR count). The fourth-order valence-corrected chi connectivity index (χ4v) is 2.84. The van der Waals surface area contributed by atoms with E-state index in [2.05, 4.69) is 6.07 Å². The maximum atomic E-state index is 12.7. The highest BCUT2D eigenvalue weighted by Crippen LogP contribution is 2.33. The molecule has 0 aliphatic carbocycles. The van der Waals surface area contributed by atoms with Crippen molar-refractivity contribution in [3.05, 3.63) is 0 Å². The normalized spacial score (nSPS) is 21.5. The van der Waals surface area contributed by atoms with Crippen molar-refractivity contribution in [1.29, 1.82) is 5.26 Å². The molecule has 0 atom stereocenters. The highest BCUT2D eigenvalue weighted by atomic mass is 16.6. The molecule has 7 nitrogen and oxygen atoms in total. The molecule has 0 aromatic rings. The van der Waals surface area contributed by atoms with E-state index in [0.717, 1.165) is 0 Å². The van der Waals surface area contributed by atoms with Gasteiger partial charge in [-0.2, -0.15) is 5.26 Å². The molecule has 128 valence electrons. The van der Waals surface area contributed by atoms with Crippen LogP contribution in [0.2, 0.25) is 0 Å². The second-order valence-electron chi connectivity index (χ2n) is 7.07. The number of hydrogen-bond acceptors (Lipinski definition) is 5. The first-order valence-electron chi connectivity index (χ1n) is 8.04. The van der Waals surface area contributed by atoms with Gasteiger partial charge in [-0.3, -0.25) is 4.79 Å². The first kappa shape index (κ1) is 17.5. The van der Waals surface area contributed by atoms with Gasteiger partial charge in [0.1, 0.15) is 11.0 Å². The second kappa shape index (κ2) is 6.75. The van der Waals surface area contributed by atoms with Gasteiger partial charge in [0.25, 0.3) is 0 Å². The Hall–Kier alpha value is -1.81. The molecule has 2 amide bonds. The molecule has 0 saturated carbocycles. The molecule has 2 fully saturated rings. The third-order valence-corrected chi connectivity index (χ3v) is 4.19. The van der Waals surface area contributed by atoms with Crippen molar-refractivity contribution in [3.63, 3.8) is 0 Å². The van der Waals surface area contributed by atoms with E-state index in [1.54, 1.807) is 9.80 Å². The van der Waals surface area contributed by atoms with E-state index in [-0.39, 0.29) is 12.0 Å².